The normalized spacial score (nSPS) is 14.4. The topological polar surface area (TPSA) is 87.5 Å². The van der Waals surface area contributed by atoms with Crippen molar-refractivity contribution < 1.29 is 19.0 Å². The molecular weight excluding hydrogens is 480 g/mol. The molecular formula is C30H30N4O4. The summed E-state index contributed by atoms with van der Waals surface area (Å²) in [6.45, 7) is 6.89. The second-order valence-corrected chi connectivity index (χ2v) is 8.84. The first-order chi connectivity index (χ1) is 18.6. The van der Waals surface area contributed by atoms with Crippen molar-refractivity contribution >= 4 is 17.6 Å². The highest BCUT2D eigenvalue weighted by Crippen LogP contribution is 2.41. The molecule has 8 nitrogen and oxygen atoms in total. The third-order valence-corrected chi connectivity index (χ3v) is 6.25. The van der Waals surface area contributed by atoms with Crippen LogP contribution in [-0.4, -0.2) is 33.9 Å². The van der Waals surface area contributed by atoms with Gasteiger partial charge in [-0.2, -0.15) is 10.1 Å². The van der Waals surface area contributed by atoms with Gasteiger partial charge in [-0.15, -0.1) is 0 Å². The van der Waals surface area contributed by atoms with E-state index >= 15 is 0 Å². The summed E-state index contributed by atoms with van der Waals surface area (Å²) in [6, 6.07) is 23.0. The van der Waals surface area contributed by atoms with Crippen LogP contribution in [0.15, 0.2) is 84.7 Å². The van der Waals surface area contributed by atoms with Crippen LogP contribution in [0.1, 0.15) is 42.1 Å². The fraction of sp³-hybridized carbons (Fsp3) is 0.233. The van der Waals surface area contributed by atoms with Gasteiger partial charge in [0.2, 0.25) is 5.95 Å². The number of esters is 1. The Hall–Kier alpha value is -4.59. The summed E-state index contributed by atoms with van der Waals surface area (Å²) < 4.78 is 19.3. The lowest BCUT2D eigenvalue weighted by atomic mass is 9.92. The van der Waals surface area contributed by atoms with Crippen LogP contribution in [-0.2, 0) is 16.1 Å². The third-order valence-electron chi connectivity index (χ3n) is 6.25. The Morgan fingerprint density at radius 2 is 1.74 bits per heavy atom. The fourth-order valence-corrected chi connectivity index (χ4v) is 4.46. The number of nitrogens with zero attached hydrogens (tertiary/aromatic N) is 3. The quantitative estimate of drug-likeness (QED) is 0.295. The van der Waals surface area contributed by atoms with E-state index in [0.29, 0.717) is 41.9 Å². The summed E-state index contributed by atoms with van der Waals surface area (Å²) in [5.41, 5.74) is 4.97. The van der Waals surface area contributed by atoms with E-state index in [2.05, 4.69) is 34.5 Å². The van der Waals surface area contributed by atoms with Gasteiger partial charge < -0.3 is 19.5 Å². The van der Waals surface area contributed by atoms with E-state index in [4.69, 9.17) is 14.2 Å². The van der Waals surface area contributed by atoms with Crippen molar-refractivity contribution in [2.75, 3.05) is 18.5 Å². The number of benzene rings is 3. The van der Waals surface area contributed by atoms with Crippen molar-refractivity contribution in [3.05, 3.63) is 107 Å². The molecule has 1 atom stereocenters. The van der Waals surface area contributed by atoms with Gasteiger partial charge in [-0.3, -0.25) is 0 Å². The number of aromatic nitrogens is 3. The minimum atomic E-state index is -0.589. The van der Waals surface area contributed by atoms with E-state index in [1.165, 1.54) is 11.9 Å². The van der Waals surface area contributed by atoms with Crippen LogP contribution in [0.25, 0.3) is 5.70 Å². The molecule has 0 fully saturated rings. The Bertz CT molecular complexity index is 1440. The van der Waals surface area contributed by atoms with Crippen LogP contribution < -0.4 is 14.8 Å². The number of ether oxygens (including phenoxy) is 3. The highest BCUT2D eigenvalue weighted by molar-refractivity contribution is 6.02. The lowest BCUT2D eigenvalue weighted by Crippen LogP contribution is -2.30. The molecule has 8 heteroatoms. The van der Waals surface area contributed by atoms with Crippen LogP contribution in [0.4, 0.5) is 5.95 Å². The van der Waals surface area contributed by atoms with Crippen LogP contribution in [0.2, 0.25) is 0 Å². The predicted molar refractivity (Wildman–Crippen MR) is 145 cm³/mol. The lowest BCUT2D eigenvalue weighted by Gasteiger charge is -2.30. The van der Waals surface area contributed by atoms with Gasteiger partial charge in [0.15, 0.2) is 11.5 Å². The molecule has 1 aliphatic rings. The van der Waals surface area contributed by atoms with Gasteiger partial charge in [0, 0.05) is 0 Å². The predicted octanol–water partition coefficient (Wildman–Crippen LogP) is 5.55. The SMILES string of the molecule is CCOC(=O)C1=C(c2ccccc2)Nc2ncnn2[C@H]1c1ccc(OCc2ccc(C)cc2)c(OCC)c1. The number of nitrogens with one attached hydrogen (secondary N) is 1. The molecule has 38 heavy (non-hydrogen) atoms. The van der Waals surface area contributed by atoms with E-state index in [1.54, 1.807) is 11.6 Å². The molecule has 0 amide bonds. The first-order valence-electron chi connectivity index (χ1n) is 12.7. The molecule has 4 aromatic rings. The number of rotatable bonds is 9. The molecule has 0 bridgehead atoms. The summed E-state index contributed by atoms with van der Waals surface area (Å²) in [5.74, 6) is 1.30. The van der Waals surface area contributed by atoms with E-state index in [1.807, 2.05) is 67.6 Å². The van der Waals surface area contributed by atoms with Gasteiger partial charge in [0.1, 0.15) is 19.0 Å². The number of hydrogen-bond donors (Lipinski definition) is 1. The Morgan fingerprint density at radius 3 is 2.47 bits per heavy atom. The molecule has 194 valence electrons. The van der Waals surface area contributed by atoms with Crippen LogP contribution in [0.3, 0.4) is 0 Å². The largest absolute Gasteiger partial charge is 0.490 e. The standard InChI is InChI=1S/C30H30N4O4/c1-4-36-25-17-23(15-16-24(25)38-18-21-13-11-20(3)12-14-21)28-26(29(35)37-5-2)27(22-9-7-6-8-10-22)33-30-31-19-32-34(28)30/h6-17,19,28H,4-5,18H2,1-3H3,(H,31,32,33)/t28-/m0/s1. The number of hydrogen-bond acceptors (Lipinski definition) is 7. The number of fused-ring (bicyclic) bond motifs is 1. The molecule has 0 radical (unpaired) electrons. The van der Waals surface area contributed by atoms with Gasteiger partial charge in [-0.05, 0) is 49.6 Å². The maximum atomic E-state index is 13.4. The average molecular weight is 511 g/mol. The number of anilines is 1. The van der Waals surface area contributed by atoms with Gasteiger partial charge >= 0.3 is 5.97 Å². The summed E-state index contributed by atoms with van der Waals surface area (Å²) in [4.78, 5) is 17.8. The van der Waals surface area contributed by atoms with Crippen molar-refractivity contribution in [3.63, 3.8) is 0 Å². The summed E-state index contributed by atoms with van der Waals surface area (Å²) in [5, 5.41) is 7.73. The minimum absolute atomic E-state index is 0.247. The second-order valence-electron chi connectivity index (χ2n) is 8.84. The maximum absolute atomic E-state index is 13.4. The van der Waals surface area contributed by atoms with Crippen LogP contribution in [0.5, 0.6) is 11.5 Å². The van der Waals surface area contributed by atoms with Gasteiger partial charge in [0.25, 0.3) is 0 Å². The highest BCUT2D eigenvalue weighted by atomic mass is 16.5. The Balaban J connectivity index is 1.58. The van der Waals surface area contributed by atoms with E-state index in [-0.39, 0.29) is 6.61 Å². The van der Waals surface area contributed by atoms with Gasteiger partial charge in [0.05, 0.1) is 24.5 Å². The van der Waals surface area contributed by atoms with Crippen molar-refractivity contribution in [2.24, 2.45) is 0 Å². The van der Waals surface area contributed by atoms with Crippen LogP contribution in [0, 0.1) is 6.92 Å². The van der Waals surface area contributed by atoms with Crippen molar-refractivity contribution in [3.8, 4) is 11.5 Å². The second kappa shape index (κ2) is 11.2. The third kappa shape index (κ3) is 5.11. The zero-order valence-electron chi connectivity index (χ0n) is 21.7. The molecule has 0 saturated carbocycles. The van der Waals surface area contributed by atoms with Crippen molar-refractivity contribution in [1.82, 2.24) is 14.8 Å². The molecule has 3 aromatic carbocycles. The first-order valence-corrected chi connectivity index (χ1v) is 12.7. The Morgan fingerprint density at radius 1 is 0.947 bits per heavy atom. The monoisotopic (exact) mass is 510 g/mol. The number of carbonyl (C=O) groups excluding carboxylic acids is 1. The number of carbonyl (C=O) groups is 1. The number of aryl methyl sites for hydroxylation is 1. The smallest absolute Gasteiger partial charge is 0.338 e. The summed E-state index contributed by atoms with van der Waals surface area (Å²) >= 11 is 0. The van der Waals surface area contributed by atoms with Gasteiger partial charge in [-0.25, -0.2) is 9.48 Å². The van der Waals surface area contributed by atoms with E-state index < -0.39 is 12.0 Å². The first kappa shape index (κ1) is 25.1. The zero-order valence-corrected chi connectivity index (χ0v) is 21.7. The molecule has 5 rings (SSSR count). The molecule has 0 spiro atoms. The zero-order chi connectivity index (χ0) is 26.5. The molecule has 0 unspecified atom stereocenters. The molecule has 0 aliphatic carbocycles. The molecule has 1 N–H and O–H groups in total. The van der Waals surface area contributed by atoms with Crippen molar-refractivity contribution in [1.29, 1.82) is 0 Å². The minimum Gasteiger partial charge on any atom is -0.490 e. The van der Waals surface area contributed by atoms with Crippen LogP contribution >= 0.6 is 0 Å². The average Bonchev–Trinajstić information content (AvgIpc) is 3.41. The Kier molecular flexibility index (Phi) is 7.40. The van der Waals surface area contributed by atoms with E-state index in [0.717, 1.165) is 16.7 Å². The molecule has 2 heterocycles. The Labute approximate surface area is 221 Å². The summed E-state index contributed by atoms with van der Waals surface area (Å²) in [7, 11) is 0. The highest BCUT2D eigenvalue weighted by Gasteiger charge is 2.36. The lowest BCUT2D eigenvalue weighted by molar-refractivity contribution is -0.138. The van der Waals surface area contributed by atoms with Gasteiger partial charge in [-0.1, -0.05) is 66.2 Å². The maximum Gasteiger partial charge on any atom is 0.338 e. The molecule has 1 aliphatic heterocycles. The molecule has 1 aromatic heterocycles. The summed E-state index contributed by atoms with van der Waals surface area (Å²) in [6.07, 6.45) is 1.47. The van der Waals surface area contributed by atoms with E-state index in [9.17, 15) is 4.79 Å². The fourth-order valence-electron chi connectivity index (χ4n) is 4.46. The van der Waals surface area contributed by atoms with Crippen molar-refractivity contribution in [2.45, 2.75) is 33.4 Å². The molecule has 0 saturated heterocycles.